The summed E-state index contributed by atoms with van der Waals surface area (Å²) in [5.41, 5.74) is 5.59. The number of amides is 6. The zero-order valence-corrected chi connectivity index (χ0v) is 25.7. The van der Waals surface area contributed by atoms with Crippen LogP contribution < -0.4 is 32.3 Å². The SMILES string of the molecule is CC(=O)NCC(=O)CC(CCC(N)=O)C(=O)NCC(=O)NC(CC=O)C(=O)NCC(=O)NC(Cc1ccc(Cl)c(Cl)c1)C(=O)O. The Bertz CT molecular complexity index is 1310. The van der Waals surface area contributed by atoms with Crippen molar-refractivity contribution in [3.8, 4) is 0 Å². The third kappa shape index (κ3) is 15.6. The molecule has 0 aliphatic carbocycles. The Kier molecular flexibility index (Phi) is 16.8. The summed E-state index contributed by atoms with van der Waals surface area (Å²) in [7, 11) is 0. The van der Waals surface area contributed by atoms with Crippen molar-refractivity contribution in [3.05, 3.63) is 33.8 Å². The van der Waals surface area contributed by atoms with E-state index >= 15 is 0 Å². The summed E-state index contributed by atoms with van der Waals surface area (Å²) in [6, 6.07) is 1.61. The number of hydrogen-bond donors (Lipinski definition) is 7. The lowest BCUT2D eigenvalue weighted by molar-refractivity contribution is -0.141. The Morgan fingerprint density at radius 2 is 1.47 bits per heavy atom. The van der Waals surface area contributed by atoms with Crippen LogP contribution in [0.4, 0.5) is 0 Å². The molecule has 0 bridgehead atoms. The van der Waals surface area contributed by atoms with Crippen molar-refractivity contribution >= 4 is 76.7 Å². The normalized spacial score (nSPS) is 12.4. The largest absolute Gasteiger partial charge is 0.480 e. The molecule has 0 saturated heterocycles. The number of carbonyl (C=O) groups excluding carboxylic acids is 8. The Hall–Kier alpha value is -4.57. The summed E-state index contributed by atoms with van der Waals surface area (Å²) in [4.78, 5) is 107. The minimum atomic E-state index is -1.45. The molecule has 0 spiro atoms. The highest BCUT2D eigenvalue weighted by Crippen LogP contribution is 2.23. The van der Waals surface area contributed by atoms with Crippen molar-refractivity contribution in [1.82, 2.24) is 26.6 Å². The number of halogens is 2. The number of carboxylic acid groups (broad SMARTS) is 1. The van der Waals surface area contributed by atoms with Gasteiger partial charge < -0.3 is 42.2 Å². The molecular formula is C27H34Cl2N6O10. The van der Waals surface area contributed by atoms with Gasteiger partial charge in [0.25, 0.3) is 0 Å². The van der Waals surface area contributed by atoms with E-state index < -0.39 is 84.7 Å². The lowest BCUT2D eigenvalue weighted by Crippen LogP contribution is -2.52. The third-order valence-corrected chi connectivity index (χ3v) is 6.74. The minimum absolute atomic E-state index is 0.108. The second-order valence-corrected chi connectivity index (χ2v) is 10.5. The molecule has 0 aromatic heterocycles. The number of Topliss-reactive ketones (excluding diaryl/α,β-unsaturated/α-hetero) is 1. The van der Waals surface area contributed by atoms with Crippen molar-refractivity contribution in [2.24, 2.45) is 11.7 Å². The van der Waals surface area contributed by atoms with Gasteiger partial charge in [0.15, 0.2) is 5.78 Å². The molecule has 1 rings (SSSR count). The van der Waals surface area contributed by atoms with Crippen LogP contribution in [0, 0.1) is 5.92 Å². The van der Waals surface area contributed by atoms with Gasteiger partial charge in [0.2, 0.25) is 35.4 Å². The predicted molar refractivity (Wildman–Crippen MR) is 159 cm³/mol. The number of nitrogens with two attached hydrogens (primary N) is 1. The number of ketones is 1. The van der Waals surface area contributed by atoms with Crippen LogP contribution in [0.25, 0.3) is 0 Å². The van der Waals surface area contributed by atoms with Gasteiger partial charge in [0.1, 0.15) is 18.4 Å². The van der Waals surface area contributed by atoms with Crippen LogP contribution in [0.3, 0.4) is 0 Å². The number of carbonyl (C=O) groups is 9. The summed E-state index contributed by atoms with van der Waals surface area (Å²) in [6.07, 6.45) is -0.995. The lowest BCUT2D eigenvalue weighted by atomic mass is 9.95. The van der Waals surface area contributed by atoms with Gasteiger partial charge in [-0.1, -0.05) is 29.3 Å². The first-order chi connectivity index (χ1) is 21.1. The van der Waals surface area contributed by atoms with Crippen molar-refractivity contribution in [2.45, 2.75) is 51.1 Å². The van der Waals surface area contributed by atoms with Crippen molar-refractivity contribution in [1.29, 1.82) is 0 Å². The average Bonchev–Trinajstić information content (AvgIpc) is 2.96. The first-order valence-corrected chi connectivity index (χ1v) is 14.2. The van der Waals surface area contributed by atoms with E-state index in [1.807, 2.05) is 0 Å². The molecule has 1 aromatic carbocycles. The maximum atomic E-state index is 12.6. The van der Waals surface area contributed by atoms with Gasteiger partial charge in [0.05, 0.1) is 29.7 Å². The number of hydrogen-bond acceptors (Lipinski definition) is 9. The van der Waals surface area contributed by atoms with E-state index in [-0.39, 0.29) is 42.3 Å². The van der Waals surface area contributed by atoms with E-state index in [1.54, 1.807) is 0 Å². The molecule has 6 amide bonds. The summed E-state index contributed by atoms with van der Waals surface area (Å²) < 4.78 is 0. The standard InChI is InChI=1S/C27H34Cl2N6O10/c1-14(37)31-11-17(38)10-16(3-5-22(30)39)25(42)32-12-23(40)34-20(6-7-36)26(43)33-13-24(41)35-21(27(44)45)9-15-2-4-18(28)19(29)8-15/h2,4,7-8,16,20-21H,3,5-6,9-13H2,1H3,(H2,30,39)(H,31,37)(H,32,42)(H,33,43)(H,34,40)(H,35,41)(H,44,45). The molecule has 18 heteroatoms. The van der Waals surface area contributed by atoms with Crippen LogP contribution in [0.2, 0.25) is 10.0 Å². The molecule has 0 aliphatic rings. The first kappa shape index (κ1) is 38.5. The van der Waals surface area contributed by atoms with Gasteiger partial charge in [-0.2, -0.15) is 0 Å². The van der Waals surface area contributed by atoms with E-state index in [2.05, 4.69) is 26.6 Å². The van der Waals surface area contributed by atoms with Gasteiger partial charge in [-0.25, -0.2) is 4.79 Å². The number of aldehydes is 1. The van der Waals surface area contributed by atoms with E-state index in [1.165, 1.54) is 25.1 Å². The topological polar surface area (TPSA) is 260 Å². The second kappa shape index (κ2) is 19.7. The summed E-state index contributed by atoms with van der Waals surface area (Å²) >= 11 is 11.8. The summed E-state index contributed by atoms with van der Waals surface area (Å²) in [6.45, 7) is -0.513. The zero-order valence-electron chi connectivity index (χ0n) is 24.2. The van der Waals surface area contributed by atoms with Gasteiger partial charge in [-0.3, -0.25) is 33.6 Å². The third-order valence-electron chi connectivity index (χ3n) is 6.01. The van der Waals surface area contributed by atoms with Crippen LogP contribution in [0.1, 0.15) is 38.2 Å². The smallest absolute Gasteiger partial charge is 0.326 e. The molecule has 0 fully saturated rings. The van der Waals surface area contributed by atoms with Crippen molar-refractivity contribution < 1.29 is 48.3 Å². The maximum absolute atomic E-state index is 12.6. The predicted octanol–water partition coefficient (Wildman–Crippen LogP) is -1.61. The highest BCUT2D eigenvalue weighted by molar-refractivity contribution is 6.42. The van der Waals surface area contributed by atoms with E-state index in [0.717, 1.165) is 0 Å². The van der Waals surface area contributed by atoms with Crippen LogP contribution >= 0.6 is 23.2 Å². The Labute approximate surface area is 267 Å². The number of primary amides is 1. The average molecular weight is 674 g/mol. The number of rotatable bonds is 20. The van der Waals surface area contributed by atoms with E-state index in [4.69, 9.17) is 28.9 Å². The highest BCUT2D eigenvalue weighted by atomic mass is 35.5. The van der Waals surface area contributed by atoms with Crippen molar-refractivity contribution in [3.63, 3.8) is 0 Å². The molecule has 3 unspecified atom stereocenters. The number of nitrogens with one attached hydrogen (secondary N) is 5. The Balaban J connectivity index is 2.70. The number of carboxylic acids is 1. The van der Waals surface area contributed by atoms with Crippen LogP contribution in [-0.4, -0.2) is 90.3 Å². The minimum Gasteiger partial charge on any atom is -0.480 e. The molecule has 0 heterocycles. The summed E-state index contributed by atoms with van der Waals surface area (Å²) in [5.74, 6) is -7.60. The Morgan fingerprint density at radius 1 is 0.867 bits per heavy atom. The molecule has 0 aliphatic heterocycles. The zero-order chi connectivity index (χ0) is 34.1. The molecule has 0 saturated carbocycles. The number of aliphatic carboxylic acids is 1. The highest BCUT2D eigenvalue weighted by Gasteiger charge is 2.26. The molecule has 3 atom stereocenters. The van der Waals surface area contributed by atoms with Crippen LogP contribution in [0.5, 0.6) is 0 Å². The molecule has 8 N–H and O–H groups in total. The molecular weight excluding hydrogens is 639 g/mol. The van der Waals surface area contributed by atoms with Gasteiger partial charge >= 0.3 is 5.97 Å². The summed E-state index contributed by atoms with van der Waals surface area (Å²) in [5, 5.41) is 21.2. The van der Waals surface area contributed by atoms with Gasteiger partial charge in [-0.05, 0) is 24.1 Å². The first-order valence-electron chi connectivity index (χ1n) is 13.4. The fraction of sp³-hybridized carbons (Fsp3) is 0.444. The van der Waals surface area contributed by atoms with Gasteiger partial charge in [0, 0.05) is 38.5 Å². The monoisotopic (exact) mass is 672 g/mol. The molecule has 45 heavy (non-hydrogen) atoms. The Morgan fingerprint density at radius 3 is 2.00 bits per heavy atom. The quantitative estimate of drug-likeness (QED) is 0.0779. The second-order valence-electron chi connectivity index (χ2n) is 9.72. The maximum Gasteiger partial charge on any atom is 0.326 e. The van der Waals surface area contributed by atoms with Crippen molar-refractivity contribution in [2.75, 3.05) is 19.6 Å². The van der Waals surface area contributed by atoms with Crippen LogP contribution in [-0.2, 0) is 49.6 Å². The van der Waals surface area contributed by atoms with E-state index in [9.17, 15) is 48.3 Å². The molecule has 246 valence electrons. The fourth-order valence-corrected chi connectivity index (χ4v) is 4.06. The molecule has 16 nitrogen and oxygen atoms in total. The van der Waals surface area contributed by atoms with Gasteiger partial charge in [-0.15, -0.1) is 0 Å². The fourth-order valence-electron chi connectivity index (χ4n) is 3.74. The molecule has 1 aromatic rings. The molecule has 0 radical (unpaired) electrons. The lowest BCUT2D eigenvalue weighted by Gasteiger charge is -2.19. The number of benzene rings is 1. The van der Waals surface area contributed by atoms with Crippen LogP contribution in [0.15, 0.2) is 18.2 Å². The van der Waals surface area contributed by atoms with E-state index in [0.29, 0.717) is 11.8 Å².